The maximum absolute atomic E-state index is 12.4. The van der Waals surface area contributed by atoms with E-state index in [0.717, 1.165) is 20.3 Å². The Morgan fingerprint density at radius 1 is 1.42 bits per heavy atom. The second kappa shape index (κ2) is 6.80. The molecule has 0 aliphatic carbocycles. The van der Waals surface area contributed by atoms with Gasteiger partial charge in [-0.3, -0.25) is 9.48 Å². The molecule has 0 unspecified atom stereocenters. The number of halogens is 3. The smallest absolute Gasteiger partial charge is 0.347 e. The number of amides is 1. The molecule has 3 aromatic rings. The van der Waals surface area contributed by atoms with Crippen molar-refractivity contribution >= 4 is 27.3 Å². The standard InChI is InChI=1S/C17H13F3N4OS/c1-10-13-4-11(5-21)2-3-14(13)26-15(10)16(25)22-6-12-7-23-24(8-12)9-17(18,19)20/h2-4,7-8H,6,9H2,1H3,(H,22,25). The van der Waals surface area contributed by atoms with Crippen LogP contribution in [0.5, 0.6) is 0 Å². The average Bonchev–Trinajstić information content (AvgIpc) is 3.15. The molecule has 2 heterocycles. The van der Waals surface area contributed by atoms with E-state index in [2.05, 4.69) is 16.5 Å². The van der Waals surface area contributed by atoms with E-state index in [0.29, 0.717) is 16.0 Å². The number of nitrogens with one attached hydrogen (secondary N) is 1. The third-order valence-electron chi connectivity index (χ3n) is 3.75. The second-order valence-electron chi connectivity index (χ2n) is 5.72. The minimum absolute atomic E-state index is 0.0772. The summed E-state index contributed by atoms with van der Waals surface area (Å²) in [6.45, 7) is 0.710. The molecule has 26 heavy (non-hydrogen) atoms. The summed E-state index contributed by atoms with van der Waals surface area (Å²) in [4.78, 5) is 12.9. The Balaban J connectivity index is 1.72. The SMILES string of the molecule is Cc1c(C(=O)NCc2cnn(CC(F)(F)F)c2)sc2ccc(C#N)cc12. The number of fused-ring (bicyclic) bond motifs is 1. The van der Waals surface area contributed by atoms with E-state index in [-0.39, 0.29) is 12.5 Å². The molecule has 0 atom stereocenters. The van der Waals surface area contributed by atoms with Gasteiger partial charge in [0.1, 0.15) is 6.54 Å². The number of rotatable bonds is 4. The molecule has 0 fully saturated rings. The van der Waals surface area contributed by atoms with E-state index in [1.165, 1.54) is 23.7 Å². The molecule has 0 radical (unpaired) electrons. The van der Waals surface area contributed by atoms with Crippen LogP contribution in [0, 0.1) is 18.3 Å². The lowest BCUT2D eigenvalue weighted by atomic mass is 10.1. The molecule has 1 aromatic carbocycles. The van der Waals surface area contributed by atoms with Crippen molar-refractivity contribution in [3.05, 3.63) is 52.2 Å². The predicted octanol–water partition coefficient (Wildman–Crippen LogP) is 3.77. The first-order chi connectivity index (χ1) is 12.3. The summed E-state index contributed by atoms with van der Waals surface area (Å²) in [5.41, 5.74) is 1.77. The number of alkyl halides is 3. The topological polar surface area (TPSA) is 70.7 Å². The molecule has 2 aromatic heterocycles. The van der Waals surface area contributed by atoms with Crippen LogP contribution in [0.25, 0.3) is 10.1 Å². The van der Waals surface area contributed by atoms with Crippen molar-refractivity contribution in [1.29, 1.82) is 5.26 Å². The molecule has 0 spiro atoms. The van der Waals surface area contributed by atoms with Gasteiger partial charge in [-0.1, -0.05) is 0 Å². The fraction of sp³-hybridized carbons (Fsp3) is 0.235. The molecular formula is C17H13F3N4OS. The number of benzene rings is 1. The molecule has 1 N–H and O–H groups in total. The van der Waals surface area contributed by atoms with E-state index < -0.39 is 12.7 Å². The van der Waals surface area contributed by atoms with Crippen molar-refractivity contribution in [3.63, 3.8) is 0 Å². The minimum atomic E-state index is -4.34. The molecule has 0 bridgehead atoms. The molecule has 0 aliphatic heterocycles. The van der Waals surface area contributed by atoms with Crippen molar-refractivity contribution in [3.8, 4) is 6.07 Å². The molecule has 9 heteroatoms. The molecule has 0 saturated carbocycles. The zero-order valence-electron chi connectivity index (χ0n) is 13.6. The number of thiophene rings is 1. The van der Waals surface area contributed by atoms with Gasteiger partial charge in [0.2, 0.25) is 0 Å². The molecule has 5 nitrogen and oxygen atoms in total. The molecule has 134 valence electrons. The Bertz CT molecular complexity index is 1010. The number of nitriles is 1. The highest BCUT2D eigenvalue weighted by Gasteiger charge is 2.28. The molecule has 0 saturated heterocycles. The van der Waals surface area contributed by atoms with Gasteiger partial charge >= 0.3 is 6.18 Å². The first kappa shape index (κ1) is 17.9. The molecular weight excluding hydrogens is 365 g/mol. The van der Waals surface area contributed by atoms with Crippen LogP contribution in [0.15, 0.2) is 30.6 Å². The number of carbonyl (C=O) groups excluding carboxylic acids is 1. The van der Waals surface area contributed by atoms with Gasteiger partial charge in [-0.15, -0.1) is 11.3 Å². The van der Waals surface area contributed by atoms with Crippen LogP contribution < -0.4 is 5.32 Å². The lowest BCUT2D eigenvalue weighted by Gasteiger charge is -2.05. The van der Waals surface area contributed by atoms with Crippen LogP contribution in [0.1, 0.15) is 26.4 Å². The van der Waals surface area contributed by atoms with Crippen LogP contribution in [-0.2, 0) is 13.1 Å². The van der Waals surface area contributed by atoms with Crippen LogP contribution in [0.2, 0.25) is 0 Å². The second-order valence-corrected chi connectivity index (χ2v) is 6.78. The fourth-order valence-corrected chi connectivity index (χ4v) is 3.64. The Hall–Kier alpha value is -2.86. The van der Waals surface area contributed by atoms with E-state index in [4.69, 9.17) is 5.26 Å². The van der Waals surface area contributed by atoms with E-state index in [1.54, 1.807) is 25.1 Å². The van der Waals surface area contributed by atoms with Crippen LogP contribution in [-0.4, -0.2) is 21.9 Å². The van der Waals surface area contributed by atoms with Gasteiger partial charge in [0, 0.05) is 23.0 Å². The quantitative estimate of drug-likeness (QED) is 0.751. The minimum Gasteiger partial charge on any atom is -0.347 e. The van der Waals surface area contributed by atoms with Gasteiger partial charge < -0.3 is 5.32 Å². The van der Waals surface area contributed by atoms with Gasteiger partial charge in [-0.2, -0.15) is 23.5 Å². The van der Waals surface area contributed by atoms with Crippen molar-refractivity contribution in [2.45, 2.75) is 26.2 Å². The highest BCUT2D eigenvalue weighted by atomic mass is 32.1. The normalized spacial score (nSPS) is 11.5. The first-order valence-electron chi connectivity index (χ1n) is 7.56. The number of aryl methyl sites for hydroxylation is 1. The Morgan fingerprint density at radius 2 is 2.19 bits per heavy atom. The first-order valence-corrected chi connectivity index (χ1v) is 8.38. The van der Waals surface area contributed by atoms with E-state index in [9.17, 15) is 18.0 Å². The van der Waals surface area contributed by atoms with Crippen molar-refractivity contribution in [2.24, 2.45) is 0 Å². The number of hydrogen-bond donors (Lipinski definition) is 1. The van der Waals surface area contributed by atoms with E-state index in [1.807, 2.05) is 0 Å². The average molecular weight is 378 g/mol. The zero-order valence-corrected chi connectivity index (χ0v) is 14.4. The maximum Gasteiger partial charge on any atom is 0.408 e. The highest BCUT2D eigenvalue weighted by molar-refractivity contribution is 7.21. The summed E-state index contributed by atoms with van der Waals surface area (Å²) < 4.78 is 38.7. The molecule has 0 aliphatic rings. The fourth-order valence-electron chi connectivity index (χ4n) is 2.54. The number of aromatic nitrogens is 2. The van der Waals surface area contributed by atoms with Gasteiger partial charge in [-0.25, -0.2) is 0 Å². The van der Waals surface area contributed by atoms with Crippen molar-refractivity contribution in [1.82, 2.24) is 15.1 Å². The summed E-state index contributed by atoms with van der Waals surface area (Å²) in [6, 6.07) is 7.28. The lowest BCUT2D eigenvalue weighted by Crippen LogP contribution is -2.22. The largest absolute Gasteiger partial charge is 0.408 e. The van der Waals surface area contributed by atoms with Gasteiger partial charge in [0.15, 0.2) is 0 Å². The van der Waals surface area contributed by atoms with Gasteiger partial charge in [-0.05, 0) is 36.1 Å². The third kappa shape index (κ3) is 3.86. The van der Waals surface area contributed by atoms with Crippen molar-refractivity contribution in [2.75, 3.05) is 0 Å². The van der Waals surface area contributed by atoms with Gasteiger partial charge in [0.25, 0.3) is 5.91 Å². The Morgan fingerprint density at radius 3 is 2.88 bits per heavy atom. The zero-order chi connectivity index (χ0) is 18.9. The predicted molar refractivity (Wildman–Crippen MR) is 90.7 cm³/mol. The summed E-state index contributed by atoms with van der Waals surface area (Å²) in [5.74, 6) is -0.314. The highest BCUT2D eigenvalue weighted by Crippen LogP contribution is 2.31. The summed E-state index contributed by atoms with van der Waals surface area (Å²) >= 11 is 1.31. The number of nitrogens with zero attached hydrogens (tertiary/aromatic N) is 3. The monoisotopic (exact) mass is 378 g/mol. The number of carbonyl (C=O) groups is 1. The van der Waals surface area contributed by atoms with Crippen molar-refractivity contribution < 1.29 is 18.0 Å². The Kier molecular flexibility index (Phi) is 4.70. The van der Waals surface area contributed by atoms with E-state index >= 15 is 0 Å². The van der Waals surface area contributed by atoms with Crippen LogP contribution >= 0.6 is 11.3 Å². The van der Waals surface area contributed by atoms with Crippen LogP contribution in [0.4, 0.5) is 13.2 Å². The van der Waals surface area contributed by atoms with Crippen LogP contribution in [0.3, 0.4) is 0 Å². The summed E-state index contributed by atoms with van der Waals surface area (Å²) in [6.07, 6.45) is -1.79. The summed E-state index contributed by atoms with van der Waals surface area (Å²) in [5, 5.41) is 16.2. The lowest BCUT2D eigenvalue weighted by molar-refractivity contribution is -0.142. The maximum atomic E-state index is 12.4. The Labute approximate surface area is 150 Å². The summed E-state index contributed by atoms with van der Waals surface area (Å²) in [7, 11) is 0. The molecule has 3 rings (SSSR count). The third-order valence-corrected chi connectivity index (χ3v) is 5.02. The van der Waals surface area contributed by atoms with Gasteiger partial charge in [0.05, 0.1) is 22.7 Å². The number of hydrogen-bond acceptors (Lipinski definition) is 4. The molecule has 1 amide bonds.